The maximum atomic E-state index is 12.4. The second kappa shape index (κ2) is 6.38. The molecule has 2 aliphatic heterocycles. The van der Waals surface area contributed by atoms with Crippen LogP contribution in [0.1, 0.15) is 12.8 Å². The van der Waals surface area contributed by atoms with E-state index in [4.69, 9.17) is 0 Å². The van der Waals surface area contributed by atoms with Crippen molar-refractivity contribution in [2.45, 2.75) is 12.8 Å². The van der Waals surface area contributed by atoms with E-state index in [1.807, 2.05) is 4.90 Å². The fraction of sp³-hybridized carbons (Fsp3) is 0.917. The summed E-state index contributed by atoms with van der Waals surface area (Å²) in [6.45, 7) is 3.55. The van der Waals surface area contributed by atoms with Crippen LogP contribution in [0.15, 0.2) is 0 Å². The molecule has 2 rings (SSSR count). The first-order chi connectivity index (χ1) is 9.43. The first-order valence-corrected chi connectivity index (χ1v) is 8.49. The minimum Gasteiger partial charge on any atom is -0.340 e. The van der Waals surface area contributed by atoms with Gasteiger partial charge >= 0.3 is 0 Å². The van der Waals surface area contributed by atoms with E-state index in [0.717, 1.165) is 25.9 Å². The zero-order valence-corrected chi connectivity index (χ0v) is 13.0. The first-order valence-electron chi connectivity index (χ1n) is 7.10. The van der Waals surface area contributed by atoms with Crippen LogP contribution in [-0.2, 0) is 15.0 Å². The molecule has 20 heavy (non-hydrogen) atoms. The van der Waals surface area contributed by atoms with Crippen molar-refractivity contribution in [3.63, 3.8) is 0 Å². The fourth-order valence-corrected chi connectivity index (χ4v) is 3.78. The zero-order valence-electron chi connectivity index (χ0n) is 12.2. The summed E-state index contributed by atoms with van der Waals surface area (Å²) < 4.78 is 26.7. The van der Waals surface area contributed by atoms with Gasteiger partial charge in [0.1, 0.15) is 0 Å². The van der Waals surface area contributed by atoms with E-state index in [0.29, 0.717) is 26.2 Å². The molecule has 2 fully saturated rings. The number of piperidine rings is 1. The number of carbonyl (C=O) groups is 1. The van der Waals surface area contributed by atoms with Crippen molar-refractivity contribution in [1.82, 2.24) is 18.8 Å². The highest BCUT2D eigenvalue weighted by atomic mass is 32.2. The Morgan fingerprint density at radius 1 is 1.10 bits per heavy atom. The van der Waals surface area contributed by atoms with Gasteiger partial charge < -0.3 is 10.2 Å². The van der Waals surface area contributed by atoms with E-state index >= 15 is 0 Å². The van der Waals surface area contributed by atoms with E-state index < -0.39 is 10.2 Å². The van der Waals surface area contributed by atoms with Crippen LogP contribution >= 0.6 is 0 Å². The lowest BCUT2D eigenvalue weighted by Crippen LogP contribution is -2.54. The Balaban J connectivity index is 1.89. The molecular weight excluding hydrogens is 280 g/mol. The highest BCUT2D eigenvalue weighted by molar-refractivity contribution is 7.86. The van der Waals surface area contributed by atoms with Crippen molar-refractivity contribution < 1.29 is 13.2 Å². The second-order valence-electron chi connectivity index (χ2n) is 5.54. The smallest absolute Gasteiger partial charge is 0.281 e. The standard InChI is InChI=1S/C12H24N4O3S/c1-14(2)20(18,19)16-9-7-15(8-10-16)12(17)11-3-5-13-6-4-11/h11,13H,3-10H2,1-2H3. The summed E-state index contributed by atoms with van der Waals surface area (Å²) in [5, 5.41) is 3.25. The summed E-state index contributed by atoms with van der Waals surface area (Å²) in [7, 11) is -0.296. The number of piperazine rings is 1. The molecule has 0 aromatic heterocycles. The normalized spacial score (nSPS) is 23.2. The predicted octanol–water partition coefficient (Wildman–Crippen LogP) is -1.06. The summed E-state index contributed by atoms with van der Waals surface area (Å²) >= 11 is 0. The van der Waals surface area contributed by atoms with E-state index in [-0.39, 0.29) is 11.8 Å². The number of nitrogens with one attached hydrogen (secondary N) is 1. The van der Waals surface area contributed by atoms with Gasteiger partial charge in [0.2, 0.25) is 5.91 Å². The minimum atomic E-state index is -3.36. The number of carbonyl (C=O) groups excluding carboxylic acids is 1. The molecule has 2 heterocycles. The quantitative estimate of drug-likeness (QED) is 0.721. The molecule has 0 aliphatic carbocycles. The molecule has 0 bridgehead atoms. The first kappa shape index (κ1) is 15.7. The van der Waals surface area contributed by atoms with Gasteiger partial charge in [-0.05, 0) is 25.9 Å². The monoisotopic (exact) mass is 304 g/mol. The van der Waals surface area contributed by atoms with E-state index in [9.17, 15) is 13.2 Å². The summed E-state index contributed by atoms with van der Waals surface area (Å²) in [4.78, 5) is 14.2. The zero-order chi connectivity index (χ0) is 14.8. The van der Waals surface area contributed by atoms with Crippen molar-refractivity contribution in [3.05, 3.63) is 0 Å². The lowest BCUT2D eigenvalue weighted by molar-refractivity contribution is -0.137. The van der Waals surface area contributed by atoms with Crippen LogP contribution in [0.3, 0.4) is 0 Å². The Morgan fingerprint density at radius 2 is 1.65 bits per heavy atom. The molecule has 116 valence electrons. The third-order valence-electron chi connectivity index (χ3n) is 4.03. The second-order valence-corrected chi connectivity index (χ2v) is 7.68. The summed E-state index contributed by atoms with van der Waals surface area (Å²) in [5.41, 5.74) is 0. The van der Waals surface area contributed by atoms with Crippen molar-refractivity contribution >= 4 is 16.1 Å². The van der Waals surface area contributed by atoms with Crippen LogP contribution in [0.25, 0.3) is 0 Å². The third kappa shape index (κ3) is 3.30. The molecule has 8 heteroatoms. The molecule has 1 amide bonds. The fourth-order valence-electron chi connectivity index (χ4n) is 2.70. The Kier molecular flexibility index (Phi) is 5.00. The van der Waals surface area contributed by atoms with E-state index in [2.05, 4.69) is 5.32 Å². The highest BCUT2D eigenvalue weighted by Crippen LogP contribution is 2.17. The lowest BCUT2D eigenvalue weighted by atomic mass is 9.96. The maximum absolute atomic E-state index is 12.4. The van der Waals surface area contributed by atoms with Gasteiger partial charge in [-0.15, -0.1) is 0 Å². The largest absolute Gasteiger partial charge is 0.340 e. The molecule has 0 saturated carbocycles. The van der Waals surface area contributed by atoms with Crippen LogP contribution in [-0.4, -0.2) is 81.2 Å². The molecule has 0 aromatic carbocycles. The topological polar surface area (TPSA) is 73.0 Å². The predicted molar refractivity (Wildman–Crippen MR) is 76.4 cm³/mol. The third-order valence-corrected chi connectivity index (χ3v) is 5.97. The van der Waals surface area contributed by atoms with Gasteiger partial charge in [-0.2, -0.15) is 17.0 Å². The molecule has 0 unspecified atom stereocenters. The van der Waals surface area contributed by atoms with Gasteiger partial charge in [-0.1, -0.05) is 0 Å². The summed E-state index contributed by atoms with van der Waals surface area (Å²) in [6.07, 6.45) is 1.77. The van der Waals surface area contributed by atoms with E-state index in [1.54, 1.807) is 0 Å². The summed E-state index contributed by atoms with van der Waals surface area (Å²) in [5.74, 6) is 0.293. The van der Waals surface area contributed by atoms with Gasteiger partial charge in [-0.25, -0.2) is 0 Å². The van der Waals surface area contributed by atoms with Gasteiger partial charge in [0.25, 0.3) is 10.2 Å². The van der Waals surface area contributed by atoms with Crippen molar-refractivity contribution in [2.24, 2.45) is 5.92 Å². The maximum Gasteiger partial charge on any atom is 0.281 e. The van der Waals surface area contributed by atoms with Crippen LogP contribution in [0.2, 0.25) is 0 Å². The summed E-state index contributed by atoms with van der Waals surface area (Å²) in [6, 6.07) is 0. The van der Waals surface area contributed by atoms with Crippen molar-refractivity contribution in [1.29, 1.82) is 0 Å². The van der Waals surface area contributed by atoms with Gasteiger partial charge in [-0.3, -0.25) is 4.79 Å². The van der Waals surface area contributed by atoms with Gasteiger partial charge in [0, 0.05) is 46.2 Å². The van der Waals surface area contributed by atoms with Gasteiger partial charge in [0.05, 0.1) is 0 Å². The number of nitrogens with zero attached hydrogens (tertiary/aromatic N) is 3. The molecule has 2 aliphatic rings. The molecule has 0 radical (unpaired) electrons. The Bertz CT molecular complexity index is 438. The van der Waals surface area contributed by atoms with Crippen LogP contribution in [0, 0.1) is 5.92 Å². The molecule has 7 nitrogen and oxygen atoms in total. The number of amides is 1. The van der Waals surface area contributed by atoms with Crippen LogP contribution in [0.5, 0.6) is 0 Å². The molecule has 0 spiro atoms. The molecule has 2 saturated heterocycles. The lowest BCUT2D eigenvalue weighted by Gasteiger charge is -2.37. The average molecular weight is 304 g/mol. The van der Waals surface area contributed by atoms with Gasteiger partial charge in [0.15, 0.2) is 0 Å². The number of hydrogen-bond donors (Lipinski definition) is 1. The number of rotatable bonds is 3. The average Bonchev–Trinajstić information content (AvgIpc) is 2.47. The molecule has 0 aromatic rings. The van der Waals surface area contributed by atoms with Crippen molar-refractivity contribution in [2.75, 3.05) is 53.4 Å². The van der Waals surface area contributed by atoms with Crippen LogP contribution < -0.4 is 5.32 Å². The van der Waals surface area contributed by atoms with Crippen LogP contribution in [0.4, 0.5) is 0 Å². The molecular formula is C12H24N4O3S. The molecule has 1 N–H and O–H groups in total. The van der Waals surface area contributed by atoms with Crippen molar-refractivity contribution in [3.8, 4) is 0 Å². The highest BCUT2D eigenvalue weighted by Gasteiger charge is 2.32. The SMILES string of the molecule is CN(C)S(=O)(=O)N1CCN(C(=O)C2CCNCC2)CC1. The number of hydrogen-bond acceptors (Lipinski definition) is 4. The Morgan fingerprint density at radius 3 is 2.15 bits per heavy atom. The minimum absolute atomic E-state index is 0.105. The van der Waals surface area contributed by atoms with E-state index in [1.165, 1.54) is 22.7 Å². The Labute approximate surface area is 121 Å². The molecule has 0 atom stereocenters. The Hall–Kier alpha value is -0.700.